The second-order valence-electron chi connectivity index (χ2n) is 2.22. The highest BCUT2D eigenvalue weighted by Gasteiger charge is 2.22. The molecule has 0 aliphatic rings. The molecular formula is C6H7BN3-. The Kier molecular flexibility index (Phi) is 3.02. The number of hydrogen-bond donors (Lipinski definition) is 0. The molecular weight excluding hydrogens is 125 g/mol. The molecule has 0 spiro atoms. The van der Waals surface area contributed by atoms with E-state index in [2.05, 4.69) is 0 Å². The van der Waals surface area contributed by atoms with Crippen LogP contribution in [-0.4, -0.2) is 6.15 Å². The topological polar surface area (TPSA) is 71.4 Å². The summed E-state index contributed by atoms with van der Waals surface area (Å²) in [6.07, 6.45) is -0.939. The molecule has 3 nitrogen and oxygen atoms in total. The van der Waals surface area contributed by atoms with Crippen molar-refractivity contribution in [3.63, 3.8) is 0 Å². The van der Waals surface area contributed by atoms with Crippen molar-refractivity contribution in [1.29, 1.82) is 15.8 Å². The lowest BCUT2D eigenvalue weighted by atomic mass is 9.26. The number of nitrogens with zero attached hydrogens (tertiary/aromatic N) is 3. The summed E-state index contributed by atoms with van der Waals surface area (Å²) < 4.78 is 0. The summed E-state index contributed by atoms with van der Waals surface area (Å²) >= 11 is 0. The lowest BCUT2D eigenvalue weighted by Gasteiger charge is -2.11. The summed E-state index contributed by atoms with van der Waals surface area (Å²) in [6.45, 7) is 1.85. The number of rotatable bonds is 2. The molecule has 0 heterocycles. The molecule has 0 amide bonds. The van der Waals surface area contributed by atoms with E-state index in [0.29, 0.717) is 12.7 Å². The fourth-order valence-corrected chi connectivity index (χ4v) is 0.713. The van der Waals surface area contributed by atoms with Crippen molar-refractivity contribution >= 4 is 6.15 Å². The lowest BCUT2D eigenvalue weighted by Crippen LogP contribution is -2.28. The first-order valence-electron chi connectivity index (χ1n) is 3.15. The van der Waals surface area contributed by atoms with Crippen molar-refractivity contribution in [2.45, 2.75) is 19.7 Å². The summed E-state index contributed by atoms with van der Waals surface area (Å²) in [4.78, 5) is 0. The highest BCUT2D eigenvalue weighted by Crippen LogP contribution is 2.07. The zero-order valence-corrected chi connectivity index (χ0v) is 5.83. The van der Waals surface area contributed by atoms with Gasteiger partial charge >= 0.3 is 0 Å². The zero-order valence-electron chi connectivity index (χ0n) is 5.83. The molecule has 0 rings (SSSR count). The Balaban J connectivity index is 4.45. The van der Waals surface area contributed by atoms with Gasteiger partial charge in [-0.25, -0.2) is 15.8 Å². The van der Waals surface area contributed by atoms with Gasteiger partial charge in [0.1, 0.15) is 0 Å². The first-order valence-corrected chi connectivity index (χ1v) is 3.15. The van der Waals surface area contributed by atoms with Crippen LogP contribution in [0.3, 0.4) is 0 Å². The highest BCUT2D eigenvalue weighted by atomic mass is 14.3. The second-order valence-corrected chi connectivity index (χ2v) is 2.22. The Morgan fingerprint density at radius 2 is 1.50 bits per heavy atom. The van der Waals surface area contributed by atoms with Gasteiger partial charge in [-0.15, -0.1) is 24.2 Å². The maximum atomic E-state index is 8.44. The van der Waals surface area contributed by atoms with E-state index in [1.165, 1.54) is 0 Å². The number of hydrogen-bond acceptors (Lipinski definition) is 3. The molecule has 4 heteroatoms. The Labute approximate surface area is 60.4 Å². The van der Waals surface area contributed by atoms with E-state index in [1.54, 1.807) is 17.9 Å². The zero-order chi connectivity index (χ0) is 8.04. The fraction of sp³-hybridized carbons (Fsp3) is 0.500. The Hall–Kier alpha value is -1.47. The fourth-order valence-electron chi connectivity index (χ4n) is 0.713. The van der Waals surface area contributed by atoms with E-state index in [0.717, 1.165) is 0 Å². The van der Waals surface area contributed by atoms with Gasteiger partial charge in [-0.1, -0.05) is 13.3 Å². The van der Waals surface area contributed by atoms with Crippen LogP contribution in [0, 0.1) is 33.7 Å². The summed E-state index contributed by atoms with van der Waals surface area (Å²) in [7, 11) is 0. The van der Waals surface area contributed by atoms with Crippen LogP contribution in [-0.2, 0) is 0 Å². The predicted octanol–water partition coefficient (Wildman–Crippen LogP) is 1.03. The second kappa shape index (κ2) is 3.54. The van der Waals surface area contributed by atoms with Crippen LogP contribution in [0.1, 0.15) is 13.3 Å². The van der Waals surface area contributed by atoms with Crippen molar-refractivity contribution in [2.24, 2.45) is 0 Å². The molecule has 0 bridgehead atoms. The summed E-state index contributed by atoms with van der Waals surface area (Å²) in [5.74, 6) is 5.27. The van der Waals surface area contributed by atoms with Gasteiger partial charge in [0.15, 0.2) is 0 Å². The molecule has 0 aromatic rings. The third-order valence-corrected chi connectivity index (χ3v) is 1.38. The summed E-state index contributed by atoms with van der Waals surface area (Å²) in [5.41, 5.74) is 0. The first-order chi connectivity index (χ1) is 4.74. The Bertz CT molecular complexity index is 191. The van der Waals surface area contributed by atoms with E-state index in [-0.39, 0.29) is 0 Å². The van der Waals surface area contributed by atoms with Crippen LogP contribution in [0.5, 0.6) is 0 Å². The van der Waals surface area contributed by atoms with E-state index >= 15 is 0 Å². The molecule has 0 atom stereocenters. The van der Waals surface area contributed by atoms with Gasteiger partial charge in [-0.05, 0) is 0 Å². The molecule has 50 valence electrons. The number of nitriles is 3. The van der Waals surface area contributed by atoms with Gasteiger partial charge < -0.3 is 0 Å². The average Bonchev–Trinajstić information content (AvgIpc) is 2.01. The average molecular weight is 132 g/mol. The first kappa shape index (κ1) is 8.53. The smallest absolute Gasteiger partial charge is 0.247 e. The molecule has 0 aliphatic carbocycles. The molecule has 0 aromatic heterocycles. The lowest BCUT2D eigenvalue weighted by molar-refractivity contribution is 1.06. The van der Waals surface area contributed by atoms with Gasteiger partial charge in [-0.3, -0.25) is 0 Å². The largest absolute Gasteiger partial charge is 0.298 e. The van der Waals surface area contributed by atoms with Crippen LogP contribution in [0.25, 0.3) is 0 Å². The van der Waals surface area contributed by atoms with Gasteiger partial charge in [0, 0.05) is 0 Å². The van der Waals surface area contributed by atoms with Crippen molar-refractivity contribution in [1.82, 2.24) is 0 Å². The minimum absolute atomic E-state index is 0.392. The van der Waals surface area contributed by atoms with E-state index < -0.39 is 6.15 Å². The summed E-state index contributed by atoms with van der Waals surface area (Å²) in [6, 6.07) is 0. The van der Waals surface area contributed by atoms with Gasteiger partial charge in [-0.2, -0.15) is 0 Å². The van der Waals surface area contributed by atoms with Crippen LogP contribution in [0.2, 0.25) is 6.32 Å². The molecule has 0 fully saturated rings. The third-order valence-electron chi connectivity index (χ3n) is 1.38. The maximum Gasteiger partial charge on any atom is 0.298 e. The van der Waals surface area contributed by atoms with Gasteiger partial charge in [0.2, 0.25) is 0 Å². The maximum absolute atomic E-state index is 8.44. The van der Waals surface area contributed by atoms with E-state index in [1.807, 2.05) is 6.92 Å². The molecule has 10 heavy (non-hydrogen) atoms. The molecule has 0 saturated carbocycles. The molecule has 0 aromatic carbocycles. The predicted molar refractivity (Wildman–Crippen MR) is 37.7 cm³/mol. The Morgan fingerprint density at radius 1 is 1.10 bits per heavy atom. The van der Waals surface area contributed by atoms with Crippen LogP contribution in [0.15, 0.2) is 0 Å². The highest BCUT2D eigenvalue weighted by molar-refractivity contribution is 6.99. The van der Waals surface area contributed by atoms with Crippen LogP contribution in [0.4, 0.5) is 0 Å². The van der Waals surface area contributed by atoms with Crippen LogP contribution < -0.4 is 0 Å². The Morgan fingerprint density at radius 3 is 1.60 bits per heavy atom. The van der Waals surface area contributed by atoms with Crippen molar-refractivity contribution in [3.05, 3.63) is 0 Å². The van der Waals surface area contributed by atoms with Crippen molar-refractivity contribution in [3.8, 4) is 17.9 Å². The van der Waals surface area contributed by atoms with Gasteiger partial charge in [0.25, 0.3) is 6.15 Å². The van der Waals surface area contributed by atoms with Gasteiger partial charge in [0.05, 0.1) is 0 Å². The minimum atomic E-state index is -2.03. The van der Waals surface area contributed by atoms with Crippen molar-refractivity contribution in [2.75, 3.05) is 0 Å². The molecule has 0 saturated heterocycles. The summed E-state index contributed by atoms with van der Waals surface area (Å²) in [5, 5.41) is 25.3. The van der Waals surface area contributed by atoms with E-state index in [9.17, 15) is 0 Å². The minimum Gasteiger partial charge on any atom is -0.247 e. The standard InChI is InChI=1S/C6H7BN3/c1-2-3-7(4-8,5-9)6-10/h2-3H2,1H3/q-1. The van der Waals surface area contributed by atoms with Crippen molar-refractivity contribution < 1.29 is 0 Å². The molecule has 0 aliphatic heterocycles. The normalized spacial score (nSPS) is 9.00. The van der Waals surface area contributed by atoms with Crippen LogP contribution >= 0.6 is 0 Å². The monoisotopic (exact) mass is 132 g/mol. The molecule has 0 radical (unpaired) electrons. The van der Waals surface area contributed by atoms with E-state index in [4.69, 9.17) is 15.8 Å². The molecule has 0 unspecified atom stereocenters. The quantitative estimate of drug-likeness (QED) is 0.526. The third kappa shape index (κ3) is 1.50. The SMILES string of the molecule is CCC[B-](C#N)(C#N)C#N. The molecule has 0 N–H and O–H groups in total.